The van der Waals surface area contributed by atoms with Gasteiger partial charge in [-0.1, -0.05) is 0 Å². The van der Waals surface area contributed by atoms with Crippen LogP contribution in [0, 0.1) is 0 Å². The van der Waals surface area contributed by atoms with Crippen LogP contribution in [0.5, 0.6) is 0 Å². The van der Waals surface area contributed by atoms with Crippen molar-refractivity contribution in [3.63, 3.8) is 0 Å². The highest BCUT2D eigenvalue weighted by Crippen LogP contribution is 2.35. The molecule has 2 rings (SSSR count). The van der Waals surface area contributed by atoms with Crippen LogP contribution in [0.1, 0.15) is 0 Å². The van der Waals surface area contributed by atoms with Crippen LogP contribution in [-0.2, 0) is 4.74 Å². The lowest BCUT2D eigenvalue weighted by Crippen LogP contribution is -2.51. The zero-order valence-electron chi connectivity index (χ0n) is 4.48. The van der Waals surface area contributed by atoms with Crippen LogP contribution in [0.25, 0.3) is 0 Å². The fourth-order valence-corrected chi connectivity index (χ4v) is 1.22. The minimum Gasteiger partial charge on any atom is -0.367 e. The van der Waals surface area contributed by atoms with Crippen molar-refractivity contribution in [3.05, 3.63) is 0 Å². The zero-order chi connectivity index (χ0) is 4.91. The summed E-state index contributed by atoms with van der Waals surface area (Å²) < 4.78 is 5.16. The molecule has 2 heterocycles. The number of ether oxygens (including phenoxy) is 1. The third-order valence-electron chi connectivity index (χ3n) is 1.67. The molecule has 2 heteroatoms. The molecule has 2 fully saturated rings. The SMILES string of the molecule is CN1CC2(CO2)C1. The lowest BCUT2D eigenvalue weighted by atomic mass is 10.0. The molecule has 2 aliphatic heterocycles. The highest BCUT2D eigenvalue weighted by Gasteiger charge is 2.53. The van der Waals surface area contributed by atoms with Gasteiger partial charge >= 0.3 is 0 Å². The van der Waals surface area contributed by atoms with Crippen molar-refractivity contribution in [1.82, 2.24) is 4.90 Å². The summed E-state index contributed by atoms with van der Waals surface area (Å²) in [7, 11) is 2.12. The molecule has 7 heavy (non-hydrogen) atoms. The Kier molecular flexibility index (Phi) is 0.474. The van der Waals surface area contributed by atoms with Crippen molar-refractivity contribution >= 4 is 0 Å². The number of epoxide rings is 1. The van der Waals surface area contributed by atoms with Crippen molar-refractivity contribution in [3.8, 4) is 0 Å². The lowest BCUT2D eigenvalue weighted by Gasteiger charge is -2.33. The quantitative estimate of drug-likeness (QED) is 0.387. The second-order valence-electron chi connectivity index (χ2n) is 2.64. The molecule has 0 aliphatic carbocycles. The van der Waals surface area contributed by atoms with E-state index in [1.807, 2.05) is 0 Å². The van der Waals surface area contributed by atoms with Crippen LogP contribution in [-0.4, -0.2) is 37.2 Å². The van der Waals surface area contributed by atoms with E-state index in [2.05, 4.69) is 11.9 Å². The Hall–Kier alpha value is -0.0800. The summed E-state index contributed by atoms with van der Waals surface area (Å²) in [5.74, 6) is 0. The van der Waals surface area contributed by atoms with Crippen LogP contribution in [0.4, 0.5) is 0 Å². The molecule has 0 bridgehead atoms. The molecule has 40 valence electrons. The summed E-state index contributed by atoms with van der Waals surface area (Å²) in [6.45, 7) is 3.33. The molecular weight excluding hydrogens is 90.1 g/mol. The Morgan fingerprint density at radius 2 is 2.14 bits per heavy atom. The zero-order valence-corrected chi connectivity index (χ0v) is 4.48. The van der Waals surface area contributed by atoms with Crippen molar-refractivity contribution < 1.29 is 4.74 Å². The Bertz CT molecular complexity index is 90.3. The van der Waals surface area contributed by atoms with Gasteiger partial charge in [0.1, 0.15) is 5.60 Å². The molecule has 0 aromatic heterocycles. The molecule has 0 saturated carbocycles. The van der Waals surface area contributed by atoms with Crippen LogP contribution in [0.15, 0.2) is 0 Å². The smallest absolute Gasteiger partial charge is 0.117 e. The van der Waals surface area contributed by atoms with Gasteiger partial charge in [0.15, 0.2) is 0 Å². The minimum atomic E-state index is 0.370. The second kappa shape index (κ2) is 0.858. The second-order valence-corrected chi connectivity index (χ2v) is 2.64. The standard InChI is InChI=1S/C5H9NO/c1-6-2-5(3-6)4-7-5/h2-4H2,1H3. The topological polar surface area (TPSA) is 15.8 Å². The first-order valence-corrected chi connectivity index (χ1v) is 2.63. The van der Waals surface area contributed by atoms with E-state index in [1.165, 1.54) is 0 Å². The molecule has 0 radical (unpaired) electrons. The van der Waals surface area contributed by atoms with E-state index in [9.17, 15) is 0 Å². The molecule has 0 aromatic carbocycles. The Balaban J connectivity index is 1.97. The molecule has 1 spiro atoms. The summed E-state index contributed by atoms with van der Waals surface area (Å²) in [5.41, 5.74) is 0.370. The van der Waals surface area contributed by atoms with Crippen LogP contribution in [0.2, 0.25) is 0 Å². The Morgan fingerprint density at radius 1 is 1.57 bits per heavy atom. The van der Waals surface area contributed by atoms with Gasteiger partial charge < -0.3 is 9.64 Å². The van der Waals surface area contributed by atoms with Gasteiger partial charge in [0.25, 0.3) is 0 Å². The summed E-state index contributed by atoms with van der Waals surface area (Å²) in [5, 5.41) is 0. The minimum absolute atomic E-state index is 0.370. The molecule has 0 aromatic rings. The predicted octanol–water partition coefficient (Wildman–Crippen LogP) is -0.299. The van der Waals surface area contributed by atoms with Gasteiger partial charge in [-0.15, -0.1) is 0 Å². The van der Waals surface area contributed by atoms with Crippen molar-refractivity contribution in [2.75, 3.05) is 26.7 Å². The maximum absolute atomic E-state index is 5.16. The summed E-state index contributed by atoms with van der Waals surface area (Å²) in [6.07, 6.45) is 0. The van der Waals surface area contributed by atoms with E-state index in [0.717, 1.165) is 19.7 Å². The van der Waals surface area contributed by atoms with E-state index in [-0.39, 0.29) is 0 Å². The molecule has 0 N–H and O–H groups in total. The first-order valence-electron chi connectivity index (χ1n) is 2.63. The molecule has 2 saturated heterocycles. The average Bonchev–Trinajstić information content (AvgIpc) is 2.14. The van der Waals surface area contributed by atoms with Crippen LogP contribution < -0.4 is 0 Å². The highest BCUT2D eigenvalue weighted by atomic mass is 16.6. The fraction of sp³-hybridized carbons (Fsp3) is 1.00. The van der Waals surface area contributed by atoms with E-state index in [1.54, 1.807) is 0 Å². The molecule has 0 atom stereocenters. The lowest BCUT2D eigenvalue weighted by molar-refractivity contribution is 0.0870. The number of hydrogen-bond donors (Lipinski definition) is 0. The van der Waals surface area contributed by atoms with Crippen molar-refractivity contribution in [2.45, 2.75) is 5.60 Å². The predicted molar refractivity (Wildman–Crippen MR) is 26.2 cm³/mol. The van der Waals surface area contributed by atoms with E-state index < -0.39 is 0 Å². The highest BCUT2D eigenvalue weighted by molar-refractivity contribution is 5.04. The van der Waals surface area contributed by atoms with Crippen molar-refractivity contribution in [1.29, 1.82) is 0 Å². The van der Waals surface area contributed by atoms with Gasteiger partial charge in [-0.05, 0) is 7.05 Å². The Morgan fingerprint density at radius 3 is 2.29 bits per heavy atom. The third kappa shape index (κ3) is 0.409. The number of nitrogens with zero attached hydrogens (tertiary/aromatic N) is 1. The number of likely N-dealkylation sites (N-methyl/N-ethyl adjacent to an activating group) is 1. The molecule has 0 unspecified atom stereocenters. The van der Waals surface area contributed by atoms with Gasteiger partial charge in [-0.3, -0.25) is 0 Å². The fourth-order valence-electron chi connectivity index (χ4n) is 1.22. The van der Waals surface area contributed by atoms with Gasteiger partial charge in [0.05, 0.1) is 6.61 Å². The van der Waals surface area contributed by atoms with Crippen LogP contribution >= 0.6 is 0 Å². The van der Waals surface area contributed by atoms with E-state index in [0.29, 0.717) is 5.60 Å². The van der Waals surface area contributed by atoms with Crippen molar-refractivity contribution in [2.24, 2.45) is 0 Å². The third-order valence-corrected chi connectivity index (χ3v) is 1.67. The van der Waals surface area contributed by atoms with Crippen LogP contribution in [0.3, 0.4) is 0 Å². The molecule has 0 amide bonds. The number of hydrogen-bond acceptors (Lipinski definition) is 2. The Labute approximate surface area is 43.1 Å². The monoisotopic (exact) mass is 99.1 g/mol. The largest absolute Gasteiger partial charge is 0.367 e. The number of rotatable bonds is 0. The van der Waals surface area contributed by atoms with Gasteiger partial charge in [0, 0.05) is 13.1 Å². The number of likely N-dealkylation sites (tertiary alicyclic amines) is 1. The molecule has 2 nitrogen and oxygen atoms in total. The maximum atomic E-state index is 5.16. The van der Waals surface area contributed by atoms with E-state index >= 15 is 0 Å². The first-order chi connectivity index (χ1) is 3.31. The average molecular weight is 99.1 g/mol. The first kappa shape index (κ1) is 3.87. The molecule has 2 aliphatic rings. The summed E-state index contributed by atoms with van der Waals surface area (Å²) in [6, 6.07) is 0. The van der Waals surface area contributed by atoms with Gasteiger partial charge in [-0.25, -0.2) is 0 Å². The maximum Gasteiger partial charge on any atom is 0.117 e. The normalized spacial score (nSPS) is 35.6. The van der Waals surface area contributed by atoms with Gasteiger partial charge in [-0.2, -0.15) is 0 Å². The molecular formula is C5H9NO. The summed E-state index contributed by atoms with van der Waals surface area (Å²) in [4.78, 5) is 2.27. The van der Waals surface area contributed by atoms with Gasteiger partial charge in [0.2, 0.25) is 0 Å². The van der Waals surface area contributed by atoms with E-state index in [4.69, 9.17) is 4.74 Å². The summed E-state index contributed by atoms with van der Waals surface area (Å²) >= 11 is 0.